The van der Waals surface area contributed by atoms with Gasteiger partial charge in [0.1, 0.15) is 11.7 Å². The summed E-state index contributed by atoms with van der Waals surface area (Å²) < 4.78 is 51.5. The van der Waals surface area contributed by atoms with Crippen LogP contribution >= 0.6 is 11.6 Å². The molecule has 3 aromatic carbocycles. The Balaban J connectivity index is 1.57. The highest BCUT2D eigenvalue weighted by molar-refractivity contribution is 6.30. The lowest BCUT2D eigenvalue weighted by molar-refractivity contribution is -0.176. The van der Waals surface area contributed by atoms with E-state index < -0.39 is 17.3 Å². The van der Waals surface area contributed by atoms with Crippen LogP contribution in [0.4, 0.5) is 13.2 Å². The molecule has 174 valence electrons. The Bertz CT molecular complexity index is 1030. The summed E-state index contributed by atoms with van der Waals surface area (Å²) in [6, 6.07) is 22.5. The SMILES string of the molecule is FC(F)(F)c1ccc(CO[C@H]2CNCC[C@]2(OCc2ccccc2)c2ccc(Cl)cc2)cc1. The Morgan fingerprint density at radius 2 is 1.55 bits per heavy atom. The number of nitrogens with one attached hydrogen (secondary N) is 1. The second kappa shape index (κ2) is 10.3. The molecule has 0 unspecified atom stereocenters. The number of rotatable bonds is 7. The fourth-order valence-corrected chi connectivity index (χ4v) is 4.24. The number of hydrogen-bond acceptors (Lipinski definition) is 3. The van der Waals surface area contributed by atoms with E-state index in [1.807, 2.05) is 54.6 Å². The summed E-state index contributed by atoms with van der Waals surface area (Å²) in [6.07, 6.45) is -4.03. The largest absolute Gasteiger partial charge is 0.416 e. The van der Waals surface area contributed by atoms with Crippen molar-refractivity contribution >= 4 is 11.6 Å². The molecule has 1 saturated heterocycles. The smallest absolute Gasteiger partial charge is 0.369 e. The molecule has 0 saturated carbocycles. The summed E-state index contributed by atoms with van der Waals surface area (Å²) in [5, 5.41) is 3.99. The third-order valence-corrected chi connectivity index (χ3v) is 6.18. The predicted octanol–water partition coefficient (Wildman–Crippen LogP) is 6.35. The maximum absolute atomic E-state index is 12.9. The van der Waals surface area contributed by atoms with Gasteiger partial charge in [-0.15, -0.1) is 0 Å². The first kappa shape index (κ1) is 23.8. The summed E-state index contributed by atoms with van der Waals surface area (Å²) in [7, 11) is 0. The van der Waals surface area contributed by atoms with Crippen molar-refractivity contribution in [2.45, 2.75) is 37.5 Å². The number of alkyl halides is 3. The zero-order valence-electron chi connectivity index (χ0n) is 17.9. The van der Waals surface area contributed by atoms with Crippen LogP contribution in [0.2, 0.25) is 5.02 Å². The molecule has 0 bridgehead atoms. The highest BCUT2D eigenvalue weighted by atomic mass is 35.5. The minimum absolute atomic E-state index is 0.175. The van der Waals surface area contributed by atoms with E-state index in [0.29, 0.717) is 30.2 Å². The first-order valence-corrected chi connectivity index (χ1v) is 11.2. The van der Waals surface area contributed by atoms with Crippen LogP contribution in [-0.4, -0.2) is 19.2 Å². The predicted molar refractivity (Wildman–Crippen MR) is 122 cm³/mol. The van der Waals surface area contributed by atoms with Crippen molar-refractivity contribution in [2.24, 2.45) is 0 Å². The molecule has 1 aliphatic rings. The topological polar surface area (TPSA) is 30.5 Å². The Morgan fingerprint density at radius 1 is 0.879 bits per heavy atom. The molecule has 0 radical (unpaired) electrons. The second-order valence-electron chi connectivity index (χ2n) is 8.12. The normalized spacial score (nSPS) is 21.2. The van der Waals surface area contributed by atoms with Crippen molar-refractivity contribution in [1.29, 1.82) is 0 Å². The van der Waals surface area contributed by atoms with Gasteiger partial charge in [0.15, 0.2) is 0 Å². The summed E-state index contributed by atoms with van der Waals surface area (Å²) in [6.45, 7) is 1.88. The van der Waals surface area contributed by atoms with Gasteiger partial charge >= 0.3 is 6.18 Å². The van der Waals surface area contributed by atoms with Crippen molar-refractivity contribution in [3.8, 4) is 0 Å². The number of benzene rings is 3. The number of hydrogen-bond donors (Lipinski definition) is 1. The molecular weight excluding hydrogens is 451 g/mol. The fraction of sp³-hybridized carbons (Fsp3) is 0.308. The first-order chi connectivity index (χ1) is 15.9. The van der Waals surface area contributed by atoms with Crippen molar-refractivity contribution in [2.75, 3.05) is 13.1 Å². The van der Waals surface area contributed by atoms with E-state index >= 15 is 0 Å². The van der Waals surface area contributed by atoms with Crippen LogP contribution in [-0.2, 0) is 34.5 Å². The summed E-state index contributed by atoms with van der Waals surface area (Å²) in [5.74, 6) is 0. The maximum atomic E-state index is 12.9. The van der Waals surface area contributed by atoms with Crippen molar-refractivity contribution in [1.82, 2.24) is 5.32 Å². The van der Waals surface area contributed by atoms with Crippen LogP contribution in [0.25, 0.3) is 0 Å². The van der Waals surface area contributed by atoms with E-state index in [1.54, 1.807) is 0 Å². The maximum Gasteiger partial charge on any atom is 0.416 e. The molecule has 7 heteroatoms. The monoisotopic (exact) mass is 475 g/mol. The standard InChI is InChI=1S/C26H25ClF3NO2/c27-23-12-10-21(11-13-23)25(33-18-19-4-2-1-3-5-19)14-15-31-16-24(25)32-17-20-6-8-22(9-7-20)26(28,29)30/h1-13,24,31H,14-18H2/t24-,25-/m0/s1. The molecule has 1 fully saturated rings. The lowest BCUT2D eigenvalue weighted by Crippen LogP contribution is -2.54. The summed E-state index contributed by atoms with van der Waals surface area (Å²) in [5.41, 5.74) is 1.28. The highest BCUT2D eigenvalue weighted by Gasteiger charge is 2.44. The van der Waals surface area contributed by atoms with Crippen LogP contribution in [0.5, 0.6) is 0 Å². The minimum Gasteiger partial charge on any atom is -0.369 e. The average Bonchev–Trinajstić information content (AvgIpc) is 2.83. The zero-order chi connectivity index (χ0) is 23.3. The Hall–Kier alpha value is -2.38. The van der Waals surface area contributed by atoms with Gasteiger partial charge < -0.3 is 14.8 Å². The number of ether oxygens (including phenoxy) is 2. The van der Waals surface area contributed by atoms with Crippen molar-refractivity contribution in [3.05, 3.63) is 106 Å². The third-order valence-electron chi connectivity index (χ3n) is 5.93. The van der Waals surface area contributed by atoms with Gasteiger partial charge in [-0.1, -0.05) is 66.2 Å². The molecule has 3 aromatic rings. The van der Waals surface area contributed by atoms with Crippen LogP contribution in [0.1, 0.15) is 28.7 Å². The molecule has 3 nitrogen and oxygen atoms in total. The van der Waals surface area contributed by atoms with Gasteiger partial charge in [0.2, 0.25) is 0 Å². The van der Waals surface area contributed by atoms with Gasteiger partial charge in [-0.3, -0.25) is 0 Å². The van der Waals surface area contributed by atoms with E-state index in [-0.39, 0.29) is 12.7 Å². The summed E-state index contributed by atoms with van der Waals surface area (Å²) >= 11 is 6.13. The Kier molecular flexibility index (Phi) is 7.39. The molecule has 33 heavy (non-hydrogen) atoms. The van der Waals surface area contributed by atoms with Crippen molar-refractivity contribution in [3.63, 3.8) is 0 Å². The second-order valence-corrected chi connectivity index (χ2v) is 8.56. The molecule has 2 atom stereocenters. The third kappa shape index (κ3) is 5.76. The van der Waals surface area contributed by atoms with Crippen LogP contribution < -0.4 is 5.32 Å². The first-order valence-electron chi connectivity index (χ1n) is 10.8. The van der Waals surface area contributed by atoms with Gasteiger partial charge in [-0.2, -0.15) is 13.2 Å². The van der Waals surface area contributed by atoms with E-state index in [2.05, 4.69) is 5.32 Å². The quantitative estimate of drug-likeness (QED) is 0.432. The van der Waals surface area contributed by atoms with Gasteiger partial charge in [0.05, 0.1) is 18.8 Å². The fourth-order valence-electron chi connectivity index (χ4n) is 4.11. The van der Waals surface area contributed by atoms with Crippen LogP contribution in [0.3, 0.4) is 0 Å². The van der Waals surface area contributed by atoms with E-state index in [9.17, 15) is 13.2 Å². The van der Waals surface area contributed by atoms with Gasteiger partial charge in [-0.05, 0) is 53.9 Å². The summed E-state index contributed by atoms with van der Waals surface area (Å²) in [4.78, 5) is 0. The molecule has 0 aliphatic carbocycles. The Labute approximate surface area is 196 Å². The molecule has 0 spiro atoms. The van der Waals surface area contributed by atoms with Gasteiger partial charge in [0, 0.05) is 11.6 Å². The van der Waals surface area contributed by atoms with Crippen LogP contribution in [0, 0.1) is 0 Å². The Morgan fingerprint density at radius 3 is 2.21 bits per heavy atom. The van der Waals surface area contributed by atoms with Crippen molar-refractivity contribution < 1.29 is 22.6 Å². The van der Waals surface area contributed by atoms with Gasteiger partial charge in [-0.25, -0.2) is 0 Å². The lowest BCUT2D eigenvalue weighted by atomic mass is 9.82. The number of piperidine rings is 1. The van der Waals surface area contributed by atoms with E-state index in [4.69, 9.17) is 21.1 Å². The lowest BCUT2D eigenvalue weighted by Gasteiger charge is -2.44. The molecule has 1 aliphatic heterocycles. The van der Waals surface area contributed by atoms with E-state index in [1.165, 1.54) is 12.1 Å². The highest BCUT2D eigenvalue weighted by Crippen LogP contribution is 2.39. The molecule has 0 amide bonds. The minimum atomic E-state index is -4.36. The van der Waals surface area contributed by atoms with Crippen LogP contribution in [0.15, 0.2) is 78.9 Å². The van der Waals surface area contributed by atoms with Gasteiger partial charge in [0.25, 0.3) is 0 Å². The molecule has 1 N–H and O–H groups in total. The van der Waals surface area contributed by atoms with E-state index in [0.717, 1.165) is 29.8 Å². The molecule has 1 heterocycles. The molecule has 0 aromatic heterocycles. The number of halogens is 4. The molecular formula is C26H25ClF3NO2. The zero-order valence-corrected chi connectivity index (χ0v) is 18.7. The molecule has 4 rings (SSSR count). The average molecular weight is 476 g/mol.